The van der Waals surface area contributed by atoms with Crippen LogP contribution in [0, 0.1) is 0 Å². The first-order valence-electron chi connectivity index (χ1n) is 3.81. The lowest BCUT2D eigenvalue weighted by Crippen LogP contribution is -2.37. The van der Waals surface area contributed by atoms with Gasteiger partial charge >= 0.3 is 5.97 Å². The first kappa shape index (κ1) is 10.5. The van der Waals surface area contributed by atoms with E-state index in [1.165, 1.54) is 24.3 Å². The van der Waals surface area contributed by atoms with Gasteiger partial charge in [-0.05, 0) is 24.3 Å². The van der Waals surface area contributed by atoms with Crippen molar-refractivity contribution in [3.8, 4) is 5.75 Å². The Labute approximate surface area is 80.2 Å². The summed E-state index contributed by atoms with van der Waals surface area (Å²) < 4.78 is 4.50. The highest BCUT2D eigenvalue weighted by atomic mass is 16.6. The number of ether oxygens (including phenoxy) is 1. The number of aliphatic carboxylic acids is 1. The highest BCUT2D eigenvalue weighted by Gasteiger charge is 2.38. The summed E-state index contributed by atoms with van der Waals surface area (Å²) in [5.74, 6) is -3.89. The van der Waals surface area contributed by atoms with Crippen LogP contribution in [0.5, 0.6) is 5.75 Å². The normalized spacial score (nSPS) is 14.7. The summed E-state index contributed by atoms with van der Waals surface area (Å²) in [5.41, 5.74) is 0.0466. The lowest BCUT2D eigenvalue weighted by atomic mass is 10.1. The minimum atomic E-state index is -2.37. The molecule has 0 aliphatic rings. The van der Waals surface area contributed by atoms with Crippen LogP contribution in [0.4, 0.5) is 0 Å². The second-order valence-electron chi connectivity index (χ2n) is 2.70. The van der Waals surface area contributed by atoms with E-state index in [0.29, 0.717) is 0 Å². The van der Waals surface area contributed by atoms with E-state index in [0.717, 1.165) is 7.11 Å². The zero-order valence-electron chi connectivity index (χ0n) is 7.47. The van der Waals surface area contributed by atoms with Crippen molar-refractivity contribution in [1.29, 1.82) is 0 Å². The Morgan fingerprint density at radius 1 is 1.36 bits per heavy atom. The zero-order valence-corrected chi connectivity index (χ0v) is 7.47. The van der Waals surface area contributed by atoms with Crippen molar-refractivity contribution in [2.24, 2.45) is 0 Å². The third kappa shape index (κ3) is 1.68. The molecule has 1 aromatic carbocycles. The van der Waals surface area contributed by atoms with Gasteiger partial charge in [0.05, 0.1) is 0 Å². The molecule has 1 aromatic rings. The van der Waals surface area contributed by atoms with Crippen molar-refractivity contribution in [3.05, 3.63) is 29.8 Å². The second-order valence-corrected chi connectivity index (χ2v) is 2.70. The Morgan fingerprint density at radius 2 is 1.86 bits per heavy atom. The quantitative estimate of drug-likeness (QED) is 0.607. The van der Waals surface area contributed by atoms with Crippen molar-refractivity contribution >= 4 is 5.97 Å². The van der Waals surface area contributed by atoms with Gasteiger partial charge in [-0.1, -0.05) is 0 Å². The van der Waals surface area contributed by atoms with Gasteiger partial charge in [0.15, 0.2) is 0 Å². The minimum Gasteiger partial charge on any atom is -0.508 e. The third-order valence-electron chi connectivity index (χ3n) is 1.84. The molecule has 14 heavy (non-hydrogen) atoms. The Hall–Kier alpha value is -1.59. The molecule has 0 fully saturated rings. The van der Waals surface area contributed by atoms with Gasteiger partial charge in [0.2, 0.25) is 0 Å². The van der Waals surface area contributed by atoms with Crippen LogP contribution < -0.4 is 0 Å². The van der Waals surface area contributed by atoms with Crippen LogP contribution in [0.1, 0.15) is 5.56 Å². The smallest absolute Gasteiger partial charge is 0.369 e. The van der Waals surface area contributed by atoms with Gasteiger partial charge in [0, 0.05) is 12.7 Å². The molecule has 0 heterocycles. The fourth-order valence-electron chi connectivity index (χ4n) is 1.02. The molecular weight excluding hydrogens is 188 g/mol. The van der Waals surface area contributed by atoms with Crippen LogP contribution in [0.3, 0.4) is 0 Å². The van der Waals surface area contributed by atoms with Gasteiger partial charge in [-0.3, -0.25) is 0 Å². The molecule has 1 atom stereocenters. The summed E-state index contributed by atoms with van der Waals surface area (Å²) in [6.45, 7) is 0. The van der Waals surface area contributed by atoms with E-state index >= 15 is 0 Å². The first-order valence-corrected chi connectivity index (χ1v) is 3.81. The van der Waals surface area contributed by atoms with E-state index in [-0.39, 0.29) is 11.3 Å². The molecule has 0 aliphatic heterocycles. The molecule has 0 spiro atoms. The number of hydrogen-bond donors (Lipinski definition) is 3. The molecule has 0 aliphatic carbocycles. The number of carboxylic acids is 1. The molecule has 0 amide bonds. The van der Waals surface area contributed by atoms with E-state index in [1.807, 2.05) is 0 Å². The summed E-state index contributed by atoms with van der Waals surface area (Å²) in [6.07, 6.45) is 0. The van der Waals surface area contributed by atoms with Crippen LogP contribution in [0.2, 0.25) is 0 Å². The van der Waals surface area contributed by atoms with E-state index in [1.54, 1.807) is 0 Å². The molecule has 0 saturated heterocycles. The van der Waals surface area contributed by atoms with E-state index in [9.17, 15) is 9.90 Å². The van der Waals surface area contributed by atoms with Crippen molar-refractivity contribution < 1.29 is 24.9 Å². The number of carboxylic acid groups (broad SMARTS) is 1. The van der Waals surface area contributed by atoms with Gasteiger partial charge in [-0.2, -0.15) is 0 Å². The van der Waals surface area contributed by atoms with Crippen molar-refractivity contribution in [2.75, 3.05) is 7.11 Å². The Kier molecular flexibility index (Phi) is 2.73. The van der Waals surface area contributed by atoms with Crippen LogP contribution in [0.25, 0.3) is 0 Å². The summed E-state index contributed by atoms with van der Waals surface area (Å²) in [4.78, 5) is 10.7. The van der Waals surface area contributed by atoms with Crippen LogP contribution in [0.15, 0.2) is 24.3 Å². The molecule has 0 saturated carbocycles. The number of hydrogen-bond acceptors (Lipinski definition) is 4. The van der Waals surface area contributed by atoms with Gasteiger partial charge < -0.3 is 20.1 Å². The van der Waals surface area contributed by atoms with Gasteiger partial charge in [-0.15, -0.1) is 0 Å². The molecule has 76 valence electrons. The Balaban J connectivity index is 3.13. The van der Waals surface area contributed by atoms with Crippen molar-refractivity contribution in [3.63, 3.8) is 0 Å². The maximum atomic E-state index is 10.7. The molecule has 0 bridgehead atoms. The maximum Gasteiger partial charge on any atom is 0.369 e. The first-order chi connectivity index (χ1) is 6.50. The monoisotopic (exact) mass is 198 g/mol. The number of benzene rings is 1. The fourth-order valence-corrected chi connectivity index (χ4v) is 1.02. The highest BCUT2D eigenvalue weighted by molar-refractivity contribution is 5.77. The van der Waals surface area contributed by atoms with Crippen molar-refractivity contribution in [1.82, 2.24) is 0 Å². The fraction of sp³-hybridized carbons (Fsp3) is 0.222. The van der Waals surface area contributed by atoms with Crippen molar-refractivity contribution in [2.45, 2.75) is 5.79 Å². The third-order valence-corrected chi connectivity index (χ3v) is 1.84. The summed E-state index contributed by atoms with van der Waals surface area (Å²) >= 11 is 0. The van der Waals surface area contributed by atoms with E-state index < -0.39 is 11.8 Å². The lowest BCUT2D eigenvalue weighted by Gasteiger charge is -2.21. The minimum absolute atomic E-state index is 0.0161. The van der Waals surface area contributed by atoms with Gasteiger partial charge in [0.1, 0.15) is 5.75 Å². The molecule has 0 radical (unpaired) electrons. The van der Waals surface area contributed by atoms with Crippen LogP contribution in [-0.4, -0.2) is 28.4 Å². The van der Waals surface area contributed by atoms with E-state index in [4.69, 9.17) is 10.2 Å². The zero-order chi connectivity index (χ0) is 10.8. The lowest BCUT2D eigenvalue weighted by molar-refractivity contribution is -0.219. The number of rotatable bonds is 3. The van der Waals surface area contributed by atoms with E-state index in [2.05, 4.69) is 4.74 Å². The van der Waals surface area contributed by atoms with Gasteiger partial charge in [0.25, 0.3) is 5.79 Å². The number of phenolic OH excluding ortho intramolecular Hbond substituents is 1. The average molecular weight is 198 g/mol. The molecule has 5 nitrogen and oxygen atoms in total. The maximum absolute atomic E-state index is 10.7. The molecule has 3 N–H and O–H groups in total. The SMILES string of the molecule is COC(O)(C(=O)O)c1ccc(O)cc1. The predicted octanol–water partition coefficient (Wildman–Crippen LogP) is 0.268. The molecular formula is C9H10O5. The van der Waals surface area contributed by atoms with Gasteiger partial charge in [-0.25, -0.2) is 4.79 Å². The molecule has 5 heteroatoms. The Bertz CT molecular complexity index is 332. The highest BCUT2D eigenvalue weighted by Crippen LogP contribution is 2.23. The Morgan fingerprint density at radius 3 is 2.21 bits per heavy atom. The average Bonchev–Trinajstić information content (AvgIpc) is 2.17. The number of carbonyl (C=O) groups is 1. The number of phenols is 1. The largest absolute Gasteiger partial charge is 0.508 e. The molecule has 1 rings (SSSR count). The molecule has 0 aromatic heterocycles. The predicted molar refractivity (Wildman–Crippen MR) is 46.6 cm³/mol. The van der Waals surface area contributed by atoms with Crippen LogP contribution in [-0.2, 0) is 15.3 Å². The summed E-state index contributed by atoms with van der Waals surface area (Å²) in [7, 11) is 1.08. The van der Waals surface area contributed by atoms with Crippen LogP contribution >= 0.6 is 0 Å². The topological polar surface area (TPSA) is 87.0 Å². The number of aromatic hydroxyl groups is 1. The standard InChI is InChI=1S/C9H10O5/c1-14-9(13,8(11)12)6-2-4-7(10)5-3-6/h2-5,10,13H,1H3,(H,11,12). The second kappa shape index (κ2) is 3.65. The summed E-state index contributed by atoms with van der Waals surface area (Å²) in [6, 6.07) is 5.07. The molecule has 1 unspecified atom stereocenters. The number of aliphatic hydroxyl groups is 1. The summed E-state index contributed by atoms with van der Waals surface area (Å²) in [5, 5.41) is 27.2. The number of methoxy groups -OCH3 is 1.